The number of benzene rings is 1. The lowest BCUT2D eigenvalue weighted by Gasteiger charge is -2.37. The summed E-state index contributed by atoms with van der Waals surface area (Å²) in [4.78, 5) is 0. The fraction of sp³-hybridized carbons (Fsp3) is 0.222. The van der Waals surface area contributed by atoms with Crippen LogP contribution in [0.1, 0.15) is 24.8 Å². The van der Waals surface area contributed by atoms with Crippen molar-refractivity contribution >= 4 is 5.57 Å². The number of aliphatic hydroxyl groups is 1. The van der Waals surface area contributed by atoms with Crippen molar-refractivity contribution in [2.45, 2.75) is 19.3 Å². The molecule has 2 rings (SSSR count). The fourth-order valence-electron chi connectivity index (χ4n) is 2.97. The van der Waals surface area contributed by atoms with Crippen LogP contribution in [0.4, 0.5) is 0 Å². The van der Waals surface area contributed by atoms with Crippen molar-refractivity contribution in [3.63, 3.8) is 0 Å². The van der Waals surface area contributed by atoms with Gasteiger partial charge in [-0.05, 0) is 31.4 Å². The summed E-state index contributed by atoms with van der Waals surface area (Å²) in [6, 6.07) is 7.11. The van der Waals surface area contributed by atoms with Gasteiger partial charge in [-0.15, -0.1) is 13.2 Å². The molecule has 20 heavy (non-hydrogen) atoms. The molecule has 0 radical (unpaired) electrons. The number of hydrogen-bond donors (Lipinski definition) is 2. The van der Waals surface area contributed by atoms with Crippen molar-refractivity contribution in [2.24, 2.45) is 5.41 Å². The van der Waals surface area contributed by atoms with Crippen LogP contribution in [0.15, 0.2) is 67.5 Å². The molecule has 0 bridgehead atoms. The smallest absolute Gasteiger partial charge is 0.123 e. The predicted octanol–water partition coefficient (Wildman–Crippen LogP) is 4.76. The molecule has 0 atom stereocenters. The Kier molecular flexibility index (Phi) is 4.14. The largest absolute Gasteiger partial charge is 0.508 e. The van der Waals surface area contributed by atoms with Gasteiger partial charge in [-0.2, -0.15) is 0 Å². The van der Waals surface area contributed by atoms with Crippen LogP contribution in [0, 0.1) is 5.41 Å². The van der Waals surface area contributed by atoms with E-state index in [0.717, 1.165) is 24.8 Å². The summed E-state index contributed by atoms with van der Waals surface area (Å²) < 4.78 is 0. The summed E-state index contributed by atoms with van der Waals surface area (Å²) in [6.45, 7) is 7.67. The van der Waals surface area contributed by atoms with Crippen molar-refractivity contribution in [1.82, 2.24) is 0 Å². The predicted molar refractivity (Wildman–Crippen MR) is 83.5 cm³/mol. The second kappa shape index (κ2) is 5.83. The van der Waals surface area contributed by atoms with E-state index >= 15 is 0 Å². The van der Waals surface area contributed by atoms with Gasteiger partial charge in [0.25, 0.3) is 0 Å². The minimum absolute atomic E-state index is 0.182. The average Bonchev–Trinajstić information content (AvgIpc) is 2.41. The van der Waals surface area contributed by atoms with E-state index in [9.17, 15) is 10.2 Å². The van der Waals surface area contributed by atoms with Crippen LogP contribution in [-0.4, -0.2) is 10.2 Å². The maximum absolute atomic E-state index is 10.3. The standard InChI is InChI=1S/C18H20O2/c1-3-11-18(12-4-2)13-7-10-16(20)17(18)14-8-5-6-9-15(14)19/h3-10,19-20H,1-2,11-13H2. The van der Waals surface area contributed by atoms with Gasteiger partial charge in [-0.3, -0.25) is 0 Å². The van der Waals surface area contributed by atoms with E-state index in [0.29, 0.717) is 5.56 Å². The fourth-order valence-corrected chi connectivity index (χ4v) is 2.97. The Morgan fingerprint density at radius 3 is 2.35 bits per heavy atom. The van der Waals surface area contributed by atoms with E-state index < -0.39 is 0 Å². The number of rotatable bonds is 5. The molecule has 2 nitrogen and oxygen atoms in total. The lowest BCUT2D eigenvalue weighted by atomic mass is 9.67. The average molecular weight is 268 g/mol. The third-order valence-electron chi connectivity index (χ3n) is 3.81. The van der Waals surface area contributed by atoms with Crippen LogP contribution < -0.4 is 0 Å². The first-order chi connectivity index (χ1) is 9.64. The number of hydrogen-bond acceptors (Lipinski definition) is 2. The van der Waals surface area contributed by atoms with E-state index in [1.165, 1.54) is 0 Å². The van der Waals surface area contributed by atoms with Gasteiger partial charge < -0.3 is 10.2 Å². The highest BCUT2D eigenvalue weighted by Crippen LogP contribution is 2.50. The highest BCUT2D eigenvalue weighted by atomic mass is 16.3. The first-order valence-electron chi connectivity index (χ1n) is 6.75. The van der Waals surface area contributed by atoms with Crippen LogP contribution in [0.2, 0.25) is 0 Å². The normalized spacial score (nSPS) is 17.0. The second-order valence-corrected chi connectivity index (χ2v) is 5.15. The highest BCUT2D eigenvalue weighted by Gasteiger charge is 2.36. The Labute approximate surface area is 120 Å². The molecule has 104 valence electrons. The SMILES string of the molecule is C=CCC1(CC=C)CC=CC(O)=C1c1ccccc1O. The highest BCUT2D eigenvalue weighted by molar-refractivity contribution is 5.78. The third kappa shape index (κ3) is 2.42. The summed E-state index contributed by atoms with van der Waals surface area (Å²) in [5.74, 6) is 0.392. The molecule has 0 aromatic heterocycles. The number of allylic oxidation sites excluding steroid dienone is 5. The molecule has 0 fully saturated rings. The van der Waals surface area contributed by atoms with E-state index in [2.05, 4.69) is 13.2 Å². The van der Waals surface area contributed by atoms with Gasteiger partial charge in [0.1, 0.15) is 11.5 Å². The minimum atomic E-state index is -0.291. The zero-order chi connectivity index (χ0) is 14.6. The summed E-state index contributed by atoms with van der Waals surface area (Å²) in [7, 11) is 0. The van der Waals surface area contributed by atoms with Crippen molar-refractivity contribution in [3.05, 3.63) is 73.1 Å². The summed E-state index contributed by atoms with van der Waals surface area (Å²) in [5.41, 5.74) is 1.16. The molecule has 0 amide bonds. The van der Waals surface area contributed by atoms with Gasteiger partial charge in [0, 0.05) is 16.6 Å². The maximum Gasteiger partial charge on any atom is 0.123 e. The zero-order valence-corrected chi connectivity index (χ0v) is 11.5. The Hall–Kier alpha value is -2.22. The first kappa shape index (κ1) is 14.2. The van der Waals surface area contributed by atoms with E-state index in [-0.39, 0.29) is 16.9 Å². The third-order valence-corrected chi connectivity index (χ3v) is 3.81. The first-order valence-corrected chi connectivity index (χ1v) is 6.75. The van der Waals surface area contributed by atoms with Crippen molar-refractivity contribution < 1.29 is 10.2 Å². The number of phenols is 1. The maximum atomic E-state index is 10.3. The zero-order valence-electron chi connectivity index (χ0n) is 11.5. The Morgan fingerprint density at radius 2 is 1.75 bits per heavy atom. The van der Waals surface area contributed by atoms with Gasteiger partial charge in [-0.1, -0.05) is 36.4 Å². The van der Waals surface area contributed by atoms with Gasteiger partial charge in [0.15, 0.2) is 0 Å². The molecule has 0 heterocycles. The molecule has 0 saturated carbocycles. The van der Waals surface area contributed by atoms with Gasteiger partial charge in [0.05, 0.1) is 0 Å². The van der Waals surface area contributed by atoms with Crippen LogP contribution in [0.3, 0.4) is 0 Å². The van der Waals surface area contributed by atoms with Crippen molar-refractivity contribution in [2.75, 3.05) is 0 Å². The van der Waals surface area contributed by atoms with E-state index in [1.807, 2.05) is 30.4 Å². The number of phenolic OH excluding ortho intramolecular Hbond substituents is 1. The monoisotopic (exact) mass is 268 g/mol. The quantitative estimate of drug-likeness (QED) is 0.756. The molecule has 0 unspecified atom stereocenters. The van der Waals surface area contributed by atoms with Gasteiger partial charge in [-0.25, -0.2) is 0 Å². The molecule has 2 heteroatoms. The molecular formula is C18H20O2. The molecule has 1 aliphatic rings. The van der Waals surface area contributed by atoms with Gasteiger partial charge >= 0.3 is 0 Å². The molecule has 1 aromatic carbocycles. The van der Waals surface area contributed by atoms with E-state index in [4.69, 9.17) is 0 Å². The van der Waals surface area contributed by atoms with Crippen LogP contribution in [-0.2, 0) is 0 Å². The van der Waals surface area contributed by atoms with Crippen molar-refractivity contribution in [1.29, 1.82) is 0 Å². The van der Waals surface area contributed by atoms with E-state index in [1.54, 1.807) is 18.2 Å². The number of aromatic hydroxyl groups is 1. The lowest BCUT2D eigenvalue weighted by molar-refractivity contribution is 0.365. The minimum Gasteiger partial charge on any atom is -0.508 e. The number of aliphatic hydroxyl groups excluding tert-OH is 1. The molecule has 1 aliphatic carbocycles. The molecule has 0 saturated heterocycles. The molecular weight excluding hydrogens is 248 g/mol. The Balaban J connectivity index is 2.64. The Bertz CT molecular complexity index is 563. The number of para-hydroxylation sites is 1. The molecule has 1 aromatic rings. The summed E-state index contributed by atoms with van der Waals surface area (Å²) in [6.07, 6.45) is 9.61. The van der Waals surface area contributed by atoms with Gasteiger partial charge in [0.2, 0.25) is 0 Å². The molecule has 0 spiro atoms. The van der Waals surface area contributed by atoms with Crippen LogP contribution >= 0.6 is 0 Å². The Morgan fingerprint density at radius 1 is 1.10 bits per heavy atom. The summed E-state index contributed by atoms with van der Waals surface area (Å²) >= 11 is 0. The lowest BCUT2D eigenvalue weighted by Crippen LogP contribution is -2.24. The second-order valence-electron chi connectivity index (χ2n) is 5.15. The molecule has 0 aliphatic heterocycles. The van der Waals surface area contributed by atoms with Crippen LogP contribution in [0.5, 0.6) is 5.75 Å². The summed E-state index contributed by atoms with van der Waals surface area (Å²) in [5, 5.41) is 20.5. The van der Waals surface area contributed by atoms with Crippen LogP contribution in [0.25, 0.3) is 5.57 Å². The molecule has 2 N–H and O–H groups in total. The topological polar surface area (TPSA) is 40.5 Å². The van der Waals surface area contributed by atoms with Crippen molar-refractivity contribution in [3.8, 4) is 5.75 Å².